The van der Waals surface area contributed by atoms with Crippen molar-refractivity contribution in [1.29, 1.82) is 0 Å². The Morgan fingerprint density at radius 3 is 2.59 bits per heavy atom. The van der Waals surface area contributed by atoms with Gasteiger partial charge in [-0.3, -0.25) is 19.3 Å². The summed E-state index contributed by atoms with van der Waals surface area (Å²) in [7, 11) is 0. The molecule has 1 saturated heterocycles. The number of fused-ring (bicyclic) bond motifs is 1. The van der Waals surface area contributed by atoms with Crippen molar-refractivity contribution in [2.45, 2.75) is 38.6 Å². The highest BCUT2D eigenvalue weighted by atomic mass is 16.7. The first kappa shape index (κ1) is 17.5. The number of amides is 4. The predicted octanol–water partition coefficient (Wildman–Crippen LogP) is 1.97. The number of hydrogen-bond acceptors (Lipinski definition) is 6. The van der Waals surface area contributed by atoms with Crippen molar-refractivity contribution in [3.8, 4) is 11.5 Å². The van der Waals surface area contributed by atoms with Crippen LogP contribution in [-0.2, 0) is 9.59 Å². The number of ketones is 1. The van der Waals surface area contributed by atoms with Gasteiger partial charge in [-0.25, -0.2) is 9.69 Å². The van der Waals surface area contributed by atoms with E-state index in [0.29, 0.717) is 17.9 Å². The van der Waals surface area contributed by atoms with Crippen LogP contribution in [0.5, 0.6) is 11.5 Å². The van der Waals surface area contributed by atoms with E-state index in [-0.39, 0.29) is 24.3 Å². The molecule has 8 heteroatoms. The molecule has 0 bridgehead atoms. The predicted molar refractivity (Wildman–Crippen MR) is 92.3 cm³/mol. The van der Waals surface area contributed by atoms with Crippen molar-refractivity contribution in [1.82, 2.24) is 9.80 Å². The van der Waals surface area contributed by atoms with Gasteiger partial charge in [0, 0.05) is 11.6 Å². The lowest BCUT2D eigenvalue weighted by Gasteiger charge is -2.34. The number of ether oxygens (including phenoxy) is 2. The fourth-order valence-electron chi connectivity index (χ4n) is 3.94. The normalized spacial score (nSPS) is 24.7. The second kappa shape index (κ2) is 6.68. The van der Waals surface area contributed by atoms with Crippen molar-refractivity contribution in [2.24, 2.45) is 5.92 Å². The Hall–Kier alpha value is -2.90. The van der Waals surface area contributed by atoms with Crippen LogP contribution in [0.15, 0.2) is 18.2 Å². The molecule has 4 rings (SSSR count). The third-order valence-corrected chi connectivity index (χ3v) is 5.48. The first-order valence-corrected chi connectivity index (χ1v) is 9.09. The van der Waals surface area contributed by atoms with Gasteiger partial charge in [-0.2, -0.15) is 0 Å². The highest BCUT2D eigenvalue weighted by molar-refractivity contribution is 6.45. The first-order valence-electron chi connectivity index (χ1n) is 9.09. The SMILES string of the molecule is C[C@@H]1CCCC[C@@H]1N1C(=O)C(=O)N(CC(=O)c2ccc3c(c2)OCO3)C1=O. The van der Waals surface area contributed by atoms with E-state index in [9.17, 15) is 19.2 Å². The largest absolute Gasteiger partial charge is 0.454 e. The molecule has 1 saturated carbocycles. The second-order valence-corrected chi connectivity index (χ2v) is 7.17. The Morgan fingerprint density at radius 2 is 1.81 bits per heavy atom. The van der Waals surface area contributed by atoms with E-state index in [1.165, 1.54) is 6.07 Å². The Balaban J connectivity index is 1.52. The van der Waals surface area contributed by atoms with Gasteiger partial charge in [0.2, 0.25) is 6.79 Å². The second-order valence-electron chi connectivity index (χ2n) is 7.17. The minimum atomic E-state index is -0.938. The summed E-state index contributed by atoms with van der Waals surface area (Å²) in [5.41, 5.74) is 0.289. The molecule has 1 aromatic rings. The molecule has 1 aromatic carbocycles. The molecule has 8 nitrogen and oxygen atoms in total. The summed E-state index contributed by atoms with van der Waals surface area (Å²) < 4.78 is 10.4. The minimum Gasteiger partial charge on any atom is -0.454 e. The molecule has 0 N–H and O–H groups in total. The number of urea groups is 1. The Morgan fingerprint density at radius 1 is 1.07 bits per heavy atom. The van der Waals surface area contributed by atoms with E-state index in [2.05, 4.69) is 0 Å². The quantitative estimate of drug-likeness (QED) is 0.456. The molecule has 2 atom stereocenters. The summed E-state index contributed by atoms with van der Waals surface area (Å²) in [6.45, 7) is 1.59. The summed E-state index contributed by atoms with van der Waals surface area (Å²) in [5.74, 6) is -1.10. The standard InChI is InChI=1S/C19H20N2O6/c1-11-4-2-3-5-13(11)21-18(24)17(23)20(19(21)25)9-14(22)12-6-7-15-16(8-12)27-10-26-15/h6-8,11,13H,2-5,9-10H2,1H3/t11-,13+/m1/s1. The van der Waals surface area contributed by atoms with Crippen LogP contribution in [0.4, 0.5) is 4.79 Å². The number of carbonyl (C=O) groups excluding carboxylic acids is 4. The summed E-state index contributed by atoms with van der Waals surface area (Å²) >= 11 is 0. The number of hydrogen-bond donors (Lipinski definition) is 0. The third kappa shape index (κ3) is 2.94. The fraction of sp³-hybridized carbons (Fsp3) is 0.474. The van der Waals surface area contributed by atoms with Crippen LogP contribution in [0.3, 0.4) is 0 Å². The van der Waals surface area contributed by atoms with Crippen molar-refractivity contribution >= 4 is 23.6 Å². The van der Waals surface area contributed by atoms with Crippen LogP contribution in [0.25, 0.3) is 0 Å². The molecule has 3 aliphatic rings. The highest BCUT2D eigenvalue weighted by Gasteiger charge is 2.49. The molecule has 0 spiro atoms. The minimum absolute atomic E-state index is 0.0824. The van der Waals surface area contributed by atoms with Crippen molar-refractivity contribution in [3.05, 3.63) is 23.8 Å². The lowest BCUT2D eigenvalue weighted by atomic mass is 9.85. The average molecular weight is 372 g/mol. The molecular formula is C19H20N2O6. The van der Waals surface area contributed by atoms with Gasteiger partial charge >= 0.3 is 17.8 Å². The highest BCUT2D eigenvalue weighted by Crippen LogP contribution is 2.33. The van der Waals surface area contributed by atoms with E-state index in [0.717, 1.165) is 29.1 Å². The molecule has 4 amide bonds. The van der Waals surface area contributed by atoms with Gasteiger partial charge in [-0.1, -0.05) is 19.8 Å². The molecule has 0 radical (unpaired) electrons. The van der Waals surface area contributed by atoms with Gasteiger partial charge < -0.3 is 9.47 Å². The van der Waals surface area contributed by atoms with Gasteiger partial charge in [0.25, 0.3) is 0 Å². The molecule has 2 heterocycles. The van der Waals surface area contributed by atoms with Crippen LogP contribution in [0, 0.1) is 5.92 Å². The maximum atomic E-state index is 12.7. The summed E-state index contributed by atoms with van der Waals surface area (Å²) in [6, 6.07) is 3.68. The van der Waals surface area contributed by atoms with Crippen LogP contribution < -0.4 is 9.47 Å². The molecule has 2 aliphatic heterocycles. The topological polar surface area (TPSA) is 93.2 Å². The molecule has 2 fully saturated rings. The van der Waals surface area contributed by atoms with Crippen LogP contribution in [0.1, 0.15) is 43.0 Å². The zero-order chi connectivity index (χ0) is 19.1. The smallest absolute Gasteiger partial charge is 0.334 e. The molecule has 27 heavy (non-hydrogen) atoms. The van der Waals surface area contributed by atoms with E-state index in [4.69, 9.17) is 9.47 Å². The van der Waals surface area contributed by atoms with Gasteiger partial charge in [0.05, 0.1) is 6.54 Å². The monoisotopic (exact) mass is 372 g/mol. The zero-order valence-corrected chi connectivity index (χ0v) is 15.0. The maximum absolute atomic E-state index is 12.7. The van der Waals surface area contributed by atoms with Gasteiger partial charge in [0.1, 0.15) is 0 Å². The number of nitrogens with zero attached hydrogens (tertiary/aromatic N) is 2. The third-order valence-electron chi connectivity index (χ3n) is 5.48. The molecule has 142 valence electrons. The van der Waals surface area contributed by atoms with Crippen LogP contribution in [-0.4, -0.2) is 52.8 Å². The maximum Gasteiger partial charge on any atom is 0.334 e. The van der Waals surface area contributed by atoms with Crippen LogP contribution >= 0.6 is 0 Å². The van der Waals surface area contributed by atoms with Crippen molar-refractivity contribution in [2.75, 3.05) is 13.3 Å². The Kier molecular flexibility index (Phi) is 4.33. The summed E-state index contributed by atoms with van der Waals surface area (Å²) in [4.78, 5) is 51.9. The van der Waals surface area contributed by atoms with Gasteiger partial charge in [-0.05, 0) is 37.0 Å². The van der Waals surface area contributed by atoms with Gasteiger partial charge in [0.15, 0.2) is 17.3 Å². The molecular weight excluding hydrogens is 352 g/mol. The van der Waals surface area contributed by atoms with E-state index in [1.54, 1.807) is 12.1 Å². The van der Waals surface area contributed by atoms with Crippen molar-refractivity contribution in [3.63, 3.8) is 0 Å². The lowest BCUT2D eigenvalue weighted by molar-refractivity contribution is -0.144. The van der Waals surface area contributed by atoms with E-state index in [1.807, 2.05) is 6.92 Å². The number of Topliss-reactive ketones (excluding diaryl/α,β-unsaturated/α-hetero) is 1. The number of benzene rings is 1. The number of imide groups is 2. The molecule has 0 aromatic heterocycles. The number of rotatable bonds is 4. The van der Waals surface area contributed by atoms with Crippen molar-refractivity contribution < 1.29 is 28.7 Å². The molecule has 0 unspecified atom stereocenters. The summed E-state index contributed by atoms with van der Waals surface area (Å²) in [6.07, 6.45) is 3.56. The van der Waals surface area contributed by atoms with Crippen LogP contribution in [0.2, 0.25) is 0 Å². The number of carbonyl (C=O) groups is 4. The fourth-order valence-corrected chi connectivity index (χ4v) is 3.94. The van der Waals surface area contributed by atoms with Gasteiger partial charge in [-0.15, -0.1) is 0 Å². The summed E-state index contributed by atoms with van der Waals surface area (Å²) in [5, 5.41) is 0. The Labute approximate surface area is 156 Å². The first-order chi connectivity index (χ1) is 13.0. The molecule has 1 aliphatic carbocycles. The van der Waals surface area contributed by atoms with E-state index >= 15 is 0 Å². The average Bonchev–Trinajstić information content (AvgIpc) is 3.21. The Bertz CT molecular complexity index is 835. The van der Waals surface area contributed by atoms with E-state index < -0.39 is 30.2 Å². The lowest BCUT2D eigenvalue weighted by Crippen LogP contribution is -2.46. The zero-order valence-electron chi connectivity index (χ0n) is 15.0.